The molecule has 0 saturated carbocycles. The van der Waals surface area contributed by atoms with Crippen LogP contribution in [0.2, 0.25) is 5.02 Å². The third-order valence-corrected chi connectivity index (χ3v) is 7.33. The Kier molecular flexibility index (Phi) is 5.65. The van der Waals surface area contributed by atoms with Crippen LogP contribution < -0.4 is 4.90 Å². The molecule has 0 aliphatic carbocycles. The Morgan fingerprint density at radius 1 is 0.968 bits per heavy atom. The monoisotopic (exact) mass is 448 g/mol. The van der Waals surface area contributed by atoms with Gasteiger partial charge in [0.15, 0.2) is 0 Å². The minimum atomic E-state index is 0.752. The summed E-state index contributed by atoms with van der Waals surface area (Å²) in [6.45, 7) is 9.68. The maximum atomic E-state index is 6.11. The predicted octanol–water partition coefficient (Wildman–Crippen LogP) is 6.13. The van der Waals surface area contributed by atoms with E-state index < -0.39 is 0 Å². The summed E-state index contributed by atoms with van der Waals surface area (Å²) in [4.78, 5) is 14.5. The standard InChI is InChI=1S/C25H25ClN4S/c1-3-29-10-12-30(13-11-29)23-16-19(8-9-27-23)25-28-22-15-17(2)14-21(24(22)31-25)18-4-6-20(26)7-5-18/h4-9,14-16H,3,10-13H2,1-2H3. The van der Waals surface area contributed by atoms with Crippen LogP contribution in [-0.2, 0) is 0 Å². The van der Waals surface area contributed by atoms with Crippen molar-refractivity contribution in [3.8, 4) is 21.7 Å². The third kappa shape index (κ3) is 4.18. The molecule has 1 aliphatic rings. The van der Waals surface area contributed by atoms with Gasteiger partial charge in [0, 0.05) is 48.5 Å². The highest BCUT2D eigenvalue weighted by molar-refractivity contribution is 7.22. The fraction of sp³-hybridized carbons (Fsp3) is 0.280. The largest absolute Gasteiger partial charge is 0.354 e. The van der Waals surface area contributed by atoms with Crippen LogP contribution >= 0.6 is 22.9 Å². The number of anilines is 1. The van der Waals surface area contributed by atoms with E-state index in [9.17, 15) is 0 Å². The van der Waals surface area contributed by atoms with Gasteiger partial charge in [0.25, 0.3) is 0 Å². The minimum absolute atomic E-state index is 0.752. The van der Waals surface area contributed by atoms with E-state index in [0.717, 1.165) is 65.2 Å². The number of hydrogen-bond acceptors (Lipinski definition) is 5. The summed E-state index contributed by atoms with van der Waals surface area (Å²) in [6, 6.07) is 16.7. The van der Waals surface area contributed by atoms with E-state index in [0.29, 0.717) is 0 Å². The van der Waals surface area contributed by atoms with E-state index in [2.05, 4.69) is 65.0 Å². The Bertz CT molecular complexity index is 1210. The number of fused-ring (bicyclic) bond motifs is 1. The number of nitrogens with zero attached hydrogens (tertiary/aromatic N) is 4. The number of thiazole rings is 1. The molecule has 0 atom stereocenters. The van der Waals surface area contributed by atoms with Crippen molar-refractivity contribution >= 4 is 39.0 Å². The minimum Gasteiger partial charge on any atom is -0.354 e. The molecule has 1 saturated heterocycles. The number of hydrogen-bond donors (Lipinski definition) is 0. The van der Waals surface area contributed by atoms with E-state index in [1.54, 1.807) is 11.3 Å². The number of rotatable bonds is 4. The first-order chi connectivity index (χ1) is 15.1. The van der Waals surface area contributed by atoms with Crippen molar-refractivity contribution in [2.45, 2.75) is 13.8 Å². The summed E-state index contributed by atoms with van der Waals surface area (Å²) < 4.78 is 1.21. The fourth-order valence-corrected chi connectivity index (χ4v) is 5.36. The van der Waals surface area contributed by atoms with Gasteiger partial charge in [0.1, 0.15) is 10.8 Å². The highest BCUT2D eigenvalue weighted by atomic mass is 35.5. The van der Waals surface area contributed by atoms with Crippen LogP contribution in [0.4, 0.5) is 5.82 Å². The first kappa shape index (κ1) is 20.4. The van der Waals surface area contributed by atoms with E-state index in [4.69, 9.17) is 16.6 Å². The van der Waals surface area contributed by atoms with Crippen LogP contribution in [0.5, 0.6) is 0 Å². The molecule has 3 heterocycles. The first-order valence-corrected chi connectivity index (χ1v) is 11.9. The Labute approximate surface area is 192 Å². The number of benzene rings is 2. The van der Waals surface area contributed by atoms with Crippen molar-refractivity contribution < 1.29 is 0 Å². The Morgan fingerprint density at radius 3 is 2.48 bits per heavy atom. The van der Waals surface area contributed by atoms with Gasteiger partial charge in [-0.05, 0) is 61.0 Å². The van der Waals surface area contributed by atoms with Gasteiger partial charge in [0.2, 0.25) is 0 Å². The molecular formula is C25H25ClN4S. The number of pyridine rings is 1. The summed E-state index contributed by atoms with van der Waals surface area (Å²) in [5.41, 5.74) is 5.75. The lowest BCUT2D eigenvalue weighted by Gasteiger charge is -2.34. The maximum Gasteiger partial charge on any atom is 0.129 e. The second kappa shape index (κ2) is 8.58. The van der Waals surface area contributed by atoms with Crippen molar-refractivity contribution in [2.24, 2.45) is 0 Å². The Morgan fingerprint density at radius 2 is 1.74 bits per heavy atom. The molecule has 0 amide bonds. The molecule has 2 aromatic heterocycles. The molecule has 0 N–H and O–H groups in total. The summed E-state index contributed by atoms with van der Waals surface area (Å²) in [5, 5.41) is 1.79. The predicted molar refractivity (Wildman–Crippen MR) is 132 cm³/mol. The topological polar surface area (TPSA) is 32.3 Å². The van der Waals surface area contributed by atoms with Crippen LogP contribution in [0.1, 0.15) is 12.5 Å². The molecule has 31 heavy (non-hydrogen) atoms. The zero-order valence-electron chi connectivity index (χ0n) is 17.8. The number of aryl methyl sites for hydroxylation is 1. The number of piperazine rings is 1. The number of aromatic nitrogens is 2. The van der Waals surface area contributed by atoms with Crippen molar-refractivity contribution in [2.75, 3.05) is 37.6 Å². The van der Waals surface area contributed by atoms with Crippen molar-refractivity contribution in [1.82, 2.24) is 14.9 Å². The summed E-state index contributed by atoms with van der Waals surface area (Å²) in [5.74, 6) is 1.04. The molecule has 0 unspecified atom stereocenters. The molecule has 5 rings (SSSR count). The van der Waals surface area contributed by atoms with Crippen LogP contribution in [0.25, 0.3) is 31.9 Å². The highest BCUT2D eigenvalue weighted by Crippen LogP contribution is 2.38. The molecule has 0 radical (unpaired) electrons. The maximum absolute atomic E-state index is 6.11. The van der Waals surface area contributed by atoms with E-state index in [1.165, 1.54) is 15.8 Å². The van der Waals surface area contributed by atoms with Crippen molar-refractivity contribution in [1.29, 1.82) is 0 Å². The SMILES string of the molecule is CCN1CCN(c2cc(-c3nc4cc(C)cc(-c5ccc(Cl)cc5)c4s3)ccn2)CC1. The smallest absolute Gasteiger partial charge is 0.129 e. The number of likely N-dealkylation sites (N-methyl/N-ethyl adjacent to an activating group) is 1. The second-order valence-corrected chi connectivity index (χ2v) is 9.45. The van der Waals surface area contributed by atoms with Gasteiger partial charge in [-0.3, -0.25) is 0 Å². The van der Waals surface area contributed by atoms with Crippen LogP contribution in [0.15, 0.2) is 54.7 Å². The van der Waals surface area contributed by atoms with Crippen LogP contribution in [-0.4, -0.2) is 47.6 Å². The van der Waals surface area contributed by atoms with Gasteiger partial charge in [0.05, 0.1) is 10.2 Å². The first-order valence-electron chi connectivity index (χ1n) is 10.7. The van der Waals surface area contributed by atoms with Gasteiger partial charge in [-0.1, -0.05) is 30.7 Å². The zero-order valence-corrected chi connectivity index (χ0v) is 19.4. The lowest BCUT2D eigenvalue weighted by atomic mass is 10.0. The molecule has 0 spiro atoms. The van der Waals surface area contributed by atoms with Crippen molar-refractivity contribution in [3.05, 3.63) is 65.3 Å². The molecule has 6 heteroatoms. The molecule has 1 fully saturated rings. The quantitative estimate of drug-likeness (QED) is 0.376. The highest BCUT2D eigenvalue weighted by Gasteiger charge is 2.18. The number of halogens is 1. The Balaban J connectivity index is 1.51. The van der Waals surface area contributed by atoms with Crippen LogP contribution in [0.3, 0.4) is 0 Å². The summed E-state index contributed by atoms with van der Waals surface area (Å²) >= 11 is 7.85. The van der Waals surface area contributed by atoms with E-state index >= 15 is 0 Å². The Hall–Kier alpha value is -2.47. The van der Waals surface area contributed by atoms with Crippen molar-refractivity contribution in [3.63, 3.8) is 0 Å². The van der Waals surface area contributed by atoms with E-state index in [-0.39, 0.29) is 0 Å². The zero-order chi connectivity index (χ0) is 21.4. The molecular weight excluding hydrogens is 424 g/mol. The molecule has 4 aromatic rings. The third-order valence-electron chi connectivity index (χ3n) is 5.93. The van der Waals surface area contributed by atoms with Crippen LogP contribution in [0, 0.1) is 6.92 Å². The average Bonchev–Trinajstić information content (AvgIpc) is 3.23. The van der Waals surface area contributed by atoms with Gasteiger partial charge in [-0.2, -0.15) is 0 Å². The summed E-state index contributed by atoms with van der Waals surface area (Å²) in [7, 11) is 0. The average molecular weight is 449 g/mol. The van der Waals surface area contributed by atoms with Gasteiger partial charge >= 0.3 is 0 Å². The second-order valence-electron chi connectivity index (χ2n) is 8.01. The summed E-state index contributed by atoms with van der Waals surface area (Å²) in [6.07, 6.45) is 1.91. The van der Waals surface area contributed by atoms with Gasteiger partial charge in [-0.25, -0.2) is 9.97 Å². The van der Waals surface area contributed by atoms with E-state index in [1.807, 2.05) is 18.3 Å². The van der Waals surface area contributed by atoms with Gasteiger partial charge < -0.3 is 9.80 Å². The fourth-order valence-electron chi connectivity index (χ4n) is 4.16. The molecule has 158 valence electrons. The van der Waals surface area contributed by atoms with Gasteiger partial charge in [-0.15, -0.1) is 11.3 Å². The molecule has 1 aliphatic heterocycles. The molecule has 2 aromatic carbocycles. The molecule has 4 nitrogen and oxygen atoms in total. The normalized spacial score (nSPS) is 15.0. The lowest BCUT2D eigenvalue weighted by Crippen LogP contribution is -2.46. The molecule has 0 bridgehead atoms. The lowest BCUT2D eigenvalue weighted by molar-refractivity contribution is 0.270.